The molecule has 0 aliphatic carbocycles. The Morgan fingerprint density at radius 3 is 1.92 bits per heavy atom. The van der Waals surface area contributed by atoms with Crippen molar-refractivity contribution in [3.63, 3.8) is 0 Å². The van der Waals surface area contributed by atoms with Gasteiger partial charge in [0.05, 0.1) is 36.7 Å². The molecule has 258 valence electrons. The second-order valence-electron chi connectivity index (χ2n) is 11.9. The van der Waals surface area contributed by atoms with Crippen LogP contribution < -0.4 is 11.5 Å². The smallest absolute Gasteiger partial charge is 0.248 e. The van der Waals surface area contributed by atoms with E-state index in [4.69, 9.17) is 44.6 Å². The third-order valence-corrected chi connectivity index (χ3v) is 11.5. The van der Waals surface area contributed by atoms with Crippen molar-refractivity contribution in [2.45, 2.75) is 33.9 Å². The van der Waals surface area contributed by atoms with Gasteiger partial charge < -0.3 is 20.6 Å². The normalized spacial score (nSPS) is 12.1. The van der Waals surface area contributed by atoms with E-state index in [1.807, 2.05) is 23.0 Å². The molecule has 8 nitrogen and oxygen atoms in total. The molecule has 4 N–H and O–H groups in total. The molecule has 7 aromatic rings. The van der Waals surface area contributed by atoms with Gasteiger partial charge >= 0.3 is 0 Å². The van der Waals surface area contributed by atoms with Crippen molar-refractivity contribution >= 4 is 101 Å². The molecule has 3 aromatic carbocycles. The molecule has 4 heterocycles. The van der Waals surface area contributed by atoms with Crippen LogP contribution in [0.25, 0.3) is 65.8 Å². The van der Waals surface area contributed by atoms with Crippen LogP contribution >= 0.6 is 45.9 Å². The SMILES string of the molecule is C=C(Cl)c1c(/C(F)=C\C)sc(C)c1-c1nc2cc(C(N)=O)ccc2n1CCn1c(-c2c(C)sc3c(F)ccc(Cl)c23)nc2cc(C(N)=O)ccc21. The van der Waals surface area contributed by atoms with Crippen LogP contribution in [0.4, 0.5) is 8.78 Å². The number of primary amides is 2. The number of carbonyl (C=O) groups is 2. The van der Waals surface area contributed by atoms with Crippen molar-refractivity contribution in [2.75, 3.05) is 0 Å². The number of hydrogen-bond donors (Lipinski definition) is 2. The van der Waals surface area contributed by atoms with Gasteiger partial charge in [0.25, 0.3) is 0 Å². The fourth-order valence-corrected chi connectivity index (χ4v) is 9.27. The molecule has 2 amide bonds. The lowest BCUT2D eigenvalue weighted by Crippen LogP contribution is -2.12. The van der Waals surface area contributed by atoms with E-state index in [-0.39, 0.29) is 16.2 Å². The van der Waals surface area contributed by atoms with Crippen LogP contribution in [0.2, 0.25) is 5.02 Å². The van der Waals surface area contributed by atoms with E-state index < -0.39 is 23.5 Å². The Morgan fingerprint density at radius 1 is 0.882 bits per heavy atom. The average molecular weight is 762 g/mol. The fourth-order valence-electron chi connectivity index (χ4n) is 6.49. The minimum absolute atomic E-state index is 0.148. The second-order valence-corrected chi connectivity index (χ2v) is 15.2. The molecule has 0 aliphatic rings. The molecular formula is C37H28Cl2F2N6O2S2. The number of imidazole rings is 2. The van der Waals surface area contributed by atoms with Gasteiger partial charge in [0.15, 0.2) is 0 Å². The lowest BCUT2D eigenvalue weighted by atomic mass is 10.1. The van der Waals surface area contributed by atoms with Crippen LogP contribution in [0.15, 0.2) is 61.2 Å². The van der Waals surface area contributed by atoms with Crippen molar-refractivity contribution in [2.24, 2.45) is 11.5 Å². The molecule has 0 fully saturated rings. The first-order valence-electron chi connectivity index (χ1n) is 15.6. The summed E-state index contributed by atoms with van der Waals surface area (Å²) in [5.74, 6) is -1.04. The molecular weight excluding hydrogens is 733 g/mol. The lowest BCUT2D eigenvalue weighted by Gasteiger charge is -2.15. The van der Waals surface area contributed by atoms with Crippen molar-refractivity contribution in [1.29, 1.82) is 0 Å². The van der Waals surface area contributed by atoms with Gasteiger partial charge in [0.1, 0.15) is 23.3 Å². The highest BCUT2D eigenvalue weighted by Gasteiger charge is 2.27. The third kappa shape index (κ3) is 5.72. The number of amides is 2. The van der Waals surface area contributed by atoms with E-state index in [1.165, 1.54) is 40.9 Å². The van der Waals surface area contributed by atoms with Gasteiger partial charge in [-0.25, -0.2) is 18.7 Å². The standard InChI is InChI=1S/C37H28Cl2F2N6O2S2/c1-5-22(40)32-28(16(2)38)29(17(3)50-32)36-44-24-14-19(34(42)48)6-10-26(24)46(36)12-13-47-27-11-7-20(35(43)49)15-25(27)45-37(47)30-18(4)51-33-23(41)9-8-21(39)31(30)33/h5-11,14-15H,2,12-13H2,1,3-4H3,(H2,42,48)(H2,43,49)/b22-5+. The highest BCUT2D eigenvalue weighted by Crippen LogP contribution is 2.46. The third-order valence-electron chi connectivity index (χ3n) is 8.80. The number of carbonyl (C=O) groups excluding carboxylic acids is 2. The van der Waals surface area contributed by atoms with Gasteiger partial charge in [-0.2, -0.15) is 0 Å². The number of aryl methyl sites for hydroxylation is 4. The first kappa shape index (κ1) is 34.6. The number of halogens is 4. The Bertz CT molecular complexity index is 2670. The second kappa shape index (κ2) is 13.0. The molecule has 14 heteroatoms. The molecule has 0 saturated heterocycles. The summed E-state index contributed by atoms with van der Waals surface area (Å²) in [4.78, 5) is 36.1. The predicted molar refractivity (Wildman–Crippen MR) is 205 cm³/mol. The highest BCUT2D eigenvalue weighted by molar-refractivity contribution is 7.19. The monoisotopic (exact) mass is 760 g/mol. The number of benzene rings is 3. The van der Waals surface area contributed by atoms with Crippen LogP contribution in [-0.2, 0) is 13.1 Å². The van der Waals surface area contributed by atoms with Crippen molar-refractivity contribution < 1.29 is 18.4 Å². The number of fused-ring (bicyclic) bond motifs is 3. The van der Waals surface area contributed by atoms with E-state index in [0.717, 1.165) is 9.75 Å². The zero-order valence-electron chi connectivity index (χ0n) is 27.4. The molecule has 7 rings (SSSR count). The summed E-state index contributed by atoms with van der Waals surface area (Å²) in [5, 5.41) is 1.06. The Balaban J connectivity index is 1.47. The summed E-state index contributed by atoms with van der Waals surface area (Å²) in [5.41, 5.74) is 15.9. The first-order chi connectivity index (χ1) is 24.3. The first-order valence-corrected chi connectivity index (χ1v) is 18.0. The van der Waals surface area contributed by atoms with Crippen LogP contribution in [-0.4, -0.2) is 30.9 Å². The number of nitrogens with zero attached hydrogens (tertiary/aromatic N) is 4. The molecule has 4 aromatic heterocycles. The minimum atomic E-state index is -0.606. The summed E-state index contributed by atoms with van der Waals surface area (Å²) in [6.45, 7) is 9.89. The van der Waals surface area contributed by atoms with Gasteiger partial charge in [-0.05, 0) is 69.3 Å². The Kier molecular flexibility index (Phi) is 8.83. The minimum Gasteiger partial charge on any atom is -0.366 e. The maximum absolute atomic E-state index is 15.2. The Labute approximate surface area is 308 Å². The van der Waals surface area contributed by atoms with Gasteiger partial charge in [0, 0.05) is 61.1 Å². The lowest BCUT2D eigenvalue weighted by molar-refractivity contribution is 0.0992. The Hall–Kier alpha value is -4.88. The van der Waals surface area contributed by atoms with E-state index in [2.05, 4.69) is 6.58 Å². The molecule has 51 heavy (non-hydrogen) atoms. The molecule has 0 bridgehead atoms. The fraction of sp³-hybridized carbons (Fsp3) is 0.135. The predicted octanol–water partition coefficient (Wildman–Crippen LogP) is 9.84. The van der Waals surface area contributed by atoms with Gasteiger partial charge in [-0.15, -0.1) is 22.7 Å². The zero-order valence-corrected chi connectivity index (χ0v) is 30.6. The van der Waals surface area contributed by atoms with E-state index >= 15 is 8.78 Å². The van der Waals surface area contributed by atoms with Crippen LogP contribution in [0.3, 0.4) is 0 Å². The van der Waals surface area contributed by atoms with E-state index in [1.54, 1.807) is 43.3 Å². The number of aromatic nitrogens is 4. The summed E-state index contributed by atoms with van der Waals surface area (Å²) in [6, 6.07) is 12.9. The molecule has 0 radical (unpaired) electrons. The van der Waals surface area contributed by atoms with Crippen LogP contribution in [0.1, 0.15) is 47.8 Å². The summed E-state index contributed by atoms with van der Waals surface area (Å²) in [7, 11) is 0. The maximum atomic E-state index is 15.2. The van der Waals surface area contributed by atoms with Gasteiger partial charge in [-0.3, -0.25) is 9.59 Å². The van der Waals surface area contributed by atoms with E-state index in [9.17, 15) is 9.59 Å². The number of nitrogens with two attached hydrogens (primary N) is 2. The molecule has 0 atom stereocenters. The average Bonchev–Trinajstić information content (AvgIpc) is 3.84. The zero-order chi connectivity index (χ0) is 36.5. The molecule has 0 aliphatic heterocycles. The molecule has 0 spiro atoms. The summed E-state index contributed by atoms with van der Waals surface area (Å²) < 4.78 is 34.6. The van der Waals surface area contributed by atoms with Crippen LogP contribution in [0.5, 0.6) is 0 Å². The molecule has 0 unspecified atom stereocenters. The highest BCUT2D eigenvalue weighted by atomic mass is 35.5. The van der Waals surface area contributed by atoms with Gasteiger partial charge in [-0.1, -0.05) is 35.9 Å². The molecule has 0 saturated carbocycles. The Morgan fingerprint density at radius 2 is 1.41 bits per heavy atom. The van der Waals surface area contributed by atoms with Crippen molar-refractivity contribution in [3.05, 3.63) is 103 Å². The van der Waals surface area contributed by atoms with Crippen LogP contribution in [0, 0.1) is 19.7 Å². The summed E-state index contributed by atoms with van der Waals surface area (Å²) >= 11 is 15.8. The van der Waals surface area contributed by atoms with E-state index in [0.29, 0.717) is 83.5 Å². The number of hydrogen-bond acceptors (Lipinski definition) is 6. The number of allylic oxidation sites excluding steroid dienone is 1. The quantitative estimate of drug-likeness (QED) is 0.152. The largest absolute Gasteiger partial charge is 0.366 e. The number of rotatable bonds is 9. The number of thiophene rings is 2. The topological polar surface area (TPSA) is 122 Å². The maximum Gasteiger partial charge on any atom is 0.248 e. The summed E-state index contributed by atoms with van der Waals surface area (Å²) in [6.07, 6.45) is 1.37. The van der Waals surface area contributed by atoms with Crippen molar-refractivity contribution in [3.8, 4) is 22.8 Å². The van der Waals surface area contributed by atoms with Gasteiger partial charge in [0.2, 0.25) is 11.8 Å². The van der Waals surface area contributed by atoms with Crippen molar-refractivity contribution in [1.82, 2.24) is 19.1 Å².